The van der Waals surface area contributed by atoms with Crippen molar-refractivity contribution < 1.29 is 14.4 Å². The van der Waals surface area contributed by atoms with Crippen molar-refractivity contribution in [2.45, 2.75) is 31.8 Å². The number of rotatable bonds is 6. The van der Waals surface area contributed by atoms with Crippen LogP contribution in [0, 0.1) is 0 Å². The molecule has 2 saturated heterocycles. The van der Waals surface area contributed by atoms with Crippen molar-refractivity contribution in [3.63, 3.8) is 0 Å². The van der Waals surface area contributed by atoms with Crippen molar-refractivity contribution in [2.75, 3.05) is 39.3 Å². The van der Waals surface area contributed by atoms with E-state index in [4.69, 9.17) is 4.74 Å². The summed E-state index contributed by atoms with van der Waals surface area (Å²) in [7, 11) is 0. The third kappa shape index (κ3) is 4.81. The van der Waals surface area contributed by atoms with Gasteiger partial charge in [0.1, 0.15) is 12.6 Å². The number of benzene rings is 2. The first-order chi connectivity index (χ1) is 13.8. The summed E-state index contributed by atoms with van der Waals surface area (Å²) in [5.74, 6) is 0.194. The minimum atomic E-state index is 0.194. The first-order valence-corrected chi connectivity index (χ1v) is 10.7. The molecule has 2 aromatic carbocycles. The largest absolute Gasteiger partial charge is 0.372 e. The van der Waals surface area contributed by atoms with Crippen LogP contribution in [0.3, 0.4) is 0 Å². The zero-order chi connectivity index (χ0) is 19.2. The number of ether oxygens (including phenoxy) is 1. The molecule has 2 aliphatic rings. The van der Waals surface area contributed by atoms with Gasteiger partial charge in [-0.25, -0.2) is 0 Å². The van der Waals surface area contributed by atoms with Crippen LogP contribution in [0.15, 0.2) is 54.6 Å². The fourth-order valence-electron chi connectivity index (χ4n) is 4.40. The Morgan fingerprint density at radius 1 is 1.00 bits per heavy atom. The van der Waals surface area contributed by atoms with E-state index in [0.717, 1.165) is 63.3 Å². The molecule has 0 unspecified atom stereocenters. The van der Waals surface area contributed by atoms with Gasteiger partial charge in [0.2, 0.25) is 0 Å². The Balaban J connectivity index is 1.34. The van der Waals surface area contributed by atoms with Crippen LogP contribution in [0.2, 0.25) is 0 Å². The van der Waals surface area contributed by atoms with Crippen LogP contribution in [0.25, 0.3) is 0 Å². The van der Waals surface area contributed by atoms with Gasteiger partial charge in [-0.05, 0) is 42.9 Å². The lowest BCUT2D eigenvalue weighted by atomic mass is 9.99. The van der Waals surface area contributed by atoms with Gasteiger partial charge >= 0.3 is 0 Å². The molecule has 2 heterocycles. The summed E-state index contributed by atoms with van der Waals surface area (Å²) in [4.78, 5) is 16.8. The van der Waals surface area contributed by atoms with Crippen LogP contribution >= 0.6 is 0 Å². The van der Waals surface area contributed by atoms with E-state index >= 15 is 0 Å². The van der Waals surface area contributed by atoms with Crippen LogP contribution in [0.1, 0.15) is 34.3 Å². The monoisotopic (exact) mass is 379 g/mol. The summed E-state index contributed by atoms with van der Waals surface area (Å²) in [5, 5.41) is 0. The number of quaternary nitrogens is 1. The van der Waals surface area contributed by atoms with E-state index in [9.17, 15) is 4.79 Å². The highest BCUT2D eigenvalue weighted by Gasteiger charge is 2.28. The zero-order valence-electron chi connectivity index (χ0n) is 16.6. The molecule has 1 atom stereocenters. The normalized spacial score (nSPS) is 20.4. The average Bonchev–Trinajstić information content (AvgIpc) is 3.26. The summed E-state index contributed by atoms with van der Waals surface area (Å²) in [6.07, 6.45) is 4.68. The molecule has 0 bridgehead atoms. The summed E-state index contributed by atoms with van der Waals surface area (Å²) >= 11 is 0. The summed E-state index contributed by atoms with van der Waals surface area (Å²) < 4.78 is 5.78. The predicted molar refractivity (Wildman–Crippen MR) is 111 cm³/mol. The molecule has 4 rings (SSSR count). The number of amides is 1. The van der Waals surface area contributed by atoms with Crippen molar-refractivity contribution in [2.24, 2.45) is 0 Å². The van der Waals surface area contributed by atoms with Gasteiger partial charge in [-0.15, -0.1) is 0 Å². The Labute approximate surface area is 168 Å². The number of aryl methyl sites for hydroxylation is 2. The maximum atomic E-state index is 13.2. The van der Waals surface area contributed by atoms with Crippen LogP contribution in [-0.4, -0.2) is 56.2 Å². The highest BCUT2D eigenvalue weighted by Crippen LogP contribution is 2.15. The molecule has 0 spiro atoms. The Morgan fingerprint density at radius 2 is 1.75 bits per heavy atom. The first kappa shape index (κ1) is 19.2. The number of carbonyl (C=O) groups is 1. The molecule has 28 heavy (non-hydrogen) atoms. The minimum absolute atomic E-state index is 0.194. The van der Waals surface area contributed by atoms with Crippen molar-refractivity contribution in [3.05, 3.63) is 71.3 Å². The third-order valence-electron chi connectivity index (χ3n) is 6.07. The van der Waals surface area contributed by atoms with Crippen molar-refractivity contribution in [1.29, 1.82) is 0 Å². The predicted octanol–water partition coefficient (Wildman–Crippen LogP) is 1.99. The van der Waals surface area contributed by atoms with E-state index in [1.807, 2.05) is 29.2 Å². The number of nitrogens with one attached hydrogen (secondary N) is 1. The molecule has 1 N–H and O–H groups in total. The number of carbonyl (C=O) groups excluding carboxylic acids is 1. The first-order valence-electron chi connectivity index (χ1n) is 10.7. The second kappa shape index (κ2) is 9.35. The van der Waals surface area contributed by atoms with Crippen molar-refractivity contribution >= 4 is 5.91 Å². The molecule has 4 heteroatoms. The topological polar surface area (TPSA) is 34.0 Å². The molecule has 4 nitrogen and oxygen atoms in total. The van der Waals surface area contributed by atoms with Gasteiger partial charge in [-0.3, -0.25) is 4.79 Å². The molecular formula is C24H31N2O2+. The standard InChI is InChI=1S/C24H30N2O2/c27-24(26-16-14-25(15-17-26)19-22-10-6-18-28-22)23-11-5-4-9-21(23)13-12-20-7-2-1-3-8-20/h1-5,7-9,11,22H,6,10,12-19H2/p+1/t22-/m0/s1. The molecular weight excluding hydrogens is 348 g/mol. The van der Waals surface area contributed by atoms with Crippen molar-refractivity contribution in [1.82, 2.24) is 4.90 Å². The quantitative estimate of drug-likeness (QED) is 0.833. The molecule has 2 fully saturated rings. The Bertz CT molecular complexity index is 763. The van der Waals surface area contributed by atoms with E-state index in [0.29, 0.717) is 6.10 Å². The van der Waals surface area contributed by atoms with Crippen LogP contribution in [0.5, 0.6) is 0 Å². The third-order valence-corrected chi connectivity index (χ3v) is 6.07. The van der Waals surface area contributed by atoms with Crippen LogP contribution in [0.4, 0.5) is 0 Å². The van der Waals surface area contributed by atoms with E-state index in [1.54, 1.807) is 4.90 Å². The highest BCUT2D eigenvalue weighted by molar-refractivity contribution is 5.95. The van der Waals surface area contributed by atoms with Gasteiger partial charge in [0, 0.05) is 12.2 Å². The van der Waals surface area contributed by atoms with Crippen LogP contribution in [-0.2, 0) is 17.6 Å². The van der Waals surface area contributed by atoms with Gasteiger partial charge in [-0.2, -0.15) is 0 Å². The van der Waals surface area contributed by atoms with Gasteiger partial charge < -0.3 is 14.5 Å². The maximum Gasteiger partial charge on any atom is 0.254 e. The van der Waals surface area contributed by atoms with E-state index in [1.165, 1.54) is 18.4 Å². The number of piperazine rings is 1. The molecule has 0 saturated carbocycles. The van der Waals surface area contributed by atoms with E-state index < -0.39 is 0 Å². The molecule has 2 aliphatic heterocycles. The summed E-state index contributed by atoms with van der Waals surface area (Å²) in [6.45, 7) is 5.75. The molecule has 0 radical (unpaired) electrons. The van der Waals surface area contributed by atoms with Crippen molar-refractivity contribution in [3.8, 4) is 0 Å². The number of hydrogen-bond acceptors (Lipinski definition) is 2. The van der Waals surface area contributed by atoms with Crippen LogP contribution < -0.4 is 4.90 Å². The second-order valence-corrected chi connectivity index (χ2v) is 8.02. The van der Waals surface area contributed by atoms with Gasteiger partial charge in [0.15, 0.2) is 0 Å². The summed E-state index contributed by atoms with van der Waals surface area (Å²) in [5.41, 5.74) is 3.35. The molecule has 1 amide bonds. The lowest BCUT2D eigenvalue weighted by molar-refractivity contribution is -0.906. The Hall–Kier alpha value is -2.17. The van der Waals surface area contributed by atoms with E-state index in [2.05, 4.69) is 30.3 Å². The lowest BCUT2D eigenvalue weighted by Gasteiger charge is -2.33. The number of hydrogen-bond donors (Lipinski definition) is 1. The minimum Gasteiger partial charge on any atom is -0.372 e. The fourth-order valence-corrected chi connectivity index (χ4v) is 4.40. The van der Waals surface area contributed by atoms with E-state index in [-0.39, 0.29) is 5.91 Å². The SMILES string of the molecule is O=C(c1ccccc1CCc1ccccc1)N1CC[NH+](C[C@@H]2CCCO2)CC1. The lowest BCUT2D eigenvalue weighted by Crippen LogP contribution is -3.15. The van der Waals surface area contributed by atoms with Gasteiger partial charge in [0.05, 0.1) is 26.2 Å². The molecule has 0 aliphatic carbocycles. The second-order valence-electron chi connectivity index (χ2n) is 8.02. The maximum absolute atomic E-state index is 13.2. The molecule has 0 aromatic heterocycles. The highest BCUT2D eigenvalue weighted by atomic mass is 16.5. The number of nitrogens with zero attached hydrogens (tertiary/aromatic N) is 1. The fraction of sp³-hybridized carbons (Fsp3) is 0.458. The van der Waals surface area contributed by atoms with Gasteiger partial charge in [0.25, 0.3) is 5.91 Å². The Morgan fingerprint density at radius 3 is 2.50 bits per heavy atom. The molecule has 148 valence electrons. The zero-order valence-corrected chi connectivity index (χ0v) is 16.6. The molecule has 2 aromatic rings. The van der Waals surface area contributed by atoms with Gasteiger partial charge in [-0.1, -0.05) is 48.5 Å². The summed E-state index contributed by atoms with van der Waals surface area (Å²) in [6, 6.07) is 18.6. The Kier molecular flexibility index (Phi) is 6.40. The average molecular weight is 380 g/mol. The smallest absolute Gasteiger partial charge is 0.254 e.